The Morgan fingerprint density at radius 3 is 2.56 bits per heavy atom. The van der Waals surface area contributed by atoms with Crippen LogP contribution in [0.15, 0.2) is 36.4 Å². The van der Waals surface area contributed by atoms with E-state index in [-0.39, 0.29) is 30.2 Å². The summed E-state index contributed by atoms with van der Waals surface area (Å²) >= 11 is 0. The minimum atomic E-state index is -0.472. The van der Waals surface area contributed by atoms with Gasteiger partial charge in [-0.1, -0.05) is 19.9 Å². The predicted molar refractivity (Wildman–Crippen MR) is 144 cm³/mol. The average molecular weight is 540 g/mol. The van der Waals surface area contributed by atoms with E-state index in [4.69, 9.17) is 18.9 Å². The zero-order valence-electron chi connectivity index (χ0n) is 23.0. The number of benzene rings is 2. The van der Waals surface area contributed by atoms with Crippen molar-refractivity contribution < 1.29 is 33.3 Å². The van der Waals surface area contributed by atoms with Crippen LogP contribution in [-0.4, -0.2) is 68.7 Å². The van der Waals surface area contributed by atoms with Gasteiger partial charge in [-0.2, -0.15) is 0 Å². The number of amides is 3. The van der Waals surface area contributed by atoms with E-state index in [1.165, 1.54) is 7.11 Å². The topological polar surface area (TPSA) is 115 Å². The minimum absolute atomic E-state index is 0.0191. The first kappa shape index (κ1) is 28.1. The fraction of sp³-hybridized carbons (Fsp3) is 0.483. The van der Waals surface area contributed by atoms with E-state index in [9.17, 15) is 14.4 Å². The quantitative estimate of drug-likeness (QED) is 0.613. The molecule has 5 heterocycles. The Balaban J connectivity index is 1.60. The lowest BCUT2D eigenvalue weighted by Gasteiger charge is -2.22. The van der Waals surface area contributed by atoms with Crippen molar-refractivity contribution in [2.24, 2.45) is 5.92 Å². The lowest BCUT2D eigenvalue weighted by Crippen LogP contribution is -2.46. The summed E-state index contributed by atoms with van der Waals surface area (Å²) < 4.78 is 23.1. The number of hydrogen-bond acceptors (Lipinski definition) is 7. The number of nitrogens with zero attached hydrogens (tertiary/aromatic N) is 1. The van der Waals surface area contributed by atoms with Gasteiger partial charge < -0.3 is 34.5 Å². The number of aryl methyl sites for hydroxylation is 1. The van der Waals surface area contributed by atoms with E-state index >= 15 is 0 Å². The van der Waals surface area contributed by atoms with E-state index in [2.05, 4.69) is 10.6 Å². The molecule has 2 N–H and O–H groups in total. The highest BCUT2D eigenvalue weighted by atomic mass is 16.5. The third-order valence-corrected chi connectivity index (χ3v) is 6.80. The van der Waals surface area contributed by atoms with Crippen LogP contribution in [0.3, 0.4) is 0 Å². The zero-order valence-corrected chi connectivity index (χ0v) is 23.0. The van der Waals surface area contributed by atoms with Gasteiger partial charge in [-0.25, -0.2) is 0 Å². The first-order chi connectivity index (χ1) is 18.7. The largest absolute Gasteiger partial charge is 0.496 e. The second kappa shape index (κ2) is 12.7. The minimum Gasteiger partial charge on any atom is -0.496 e. The van der Waals surface area contributed by atoms with E-state index in [0.29, 0.717) is 61.9 Å². The van der Waals surface area contributed by atoms with Crippen LogP contribution in [0, 0.1) is 5.92 Å². The maximum Gasteiger partial charge on any atom is 0.258 e. The van der Waals surface area contributed by atoms with E-state index < -0.39 is 12.1 Å². The smallest absolute Gasteiger partial charge is 0.258 e. The highest BCUT2D eigenvalue weighted by molar-refractivity contribution is 5.79. The molecule has 3 amide bonds. The molecule has 1 fully saturated rings. The maximum absolute atomic E-state index is 12.9. The molecule has 0 radical (unpaired) electrons. The van der Waals surface area contributed by atoms with Gasteiger partial charge in [0.2, 0.25) is 11.8 Å². The van der Waals surface area contributed by atoms with E-state index in [1.54, 1.807) is 36.3 Å². The second-order valence-corrected chi connectivity index (χ2v) is 10.3. The summed E-state index contributed by atoms with van der Waals surface area (Å²) in [4.78, 5) is 40.0. The monoisotopic (exact) mass is 539 g/mol. The van der Waals surface area contributed by atoms with Gasteiger partial charge in [0.15, 0.2) is 18.1 Å². The van der Waals surface area contributed by atoms with Crippen LogP contribution in [0.1, 0.15) is 37.8 Å². The molecule has 0 unspecified atom stereocenters. The molecule has 2 atom stereocenters. The summed E-state index contributed by atoms with van der Waals surface area (Å²) in [6.45, 7) is 4.74. The van der Waals surface area contributed by atoms with Crippen molar-refractivity contribution in [2.75, 3.05) is 33.9 Å². The molecule has 5 aliphatic heterocycles. The molecule has 4 bridgehead atoms. The second-order valence-electron chi connectivity index (χ2n) is 10.3. The van der Waals surface area contributed by atoms with Gasteiger partial charge in [0.25, 0.3) is 5.91 Å². The summed E-state index contributed by atoms with van der Waals surface area (Å²) in [7, 11) is 3.09. The molecule has 0 saturated carbocycles. The van der Waals surface area contributed by atoms with Gasteiger partial charge in [-0.15, -0.1) is 0 Å². The van der Waals surface area contributed by atoms with Gasteiger partial charge >= 0.3 is 0 Å². The Kier molecular flexibility index (Phi) is 9.16. The number of ether oxygens (including phenoxy) is 4. The molecular formula is C29H37N3O7. The molecule has 0 aliphatic carbocycles. The first-order valence-electron chi connectivity index (χ1n) is 13.2. The third kappa shape index (κ3) is 7.34. The number of nitrogens with one attached hydrogen (secondary N) is 2. The molecule has 7 rings (SSSR count). The van der Waals surface area contributed by atoms with Crippen LogP contribution in [0.2, 0.25) is 0 Å². The zero-order chi connectivity index (χ0) is 27.9. The van der Waals surface area contributed by atoms with Gasteiger partial charge in [0.1, 0.15) is 17.6 Å². The SMILES string of the molecule is COc1cc2ccc1CNC(=O)CCc1ccc(c(OC)c1)OCC(=O)N[C@@H]1CN(C(=O)CC(C)C)C[C@H]1O2. The van der Waals surface area contributed by atoms with Crippen molar-refractivity contribution in [1.82, 2.24) is 15.5 Å². The van der Waals surface area contributed by atoms with E-state index in [1.807, 2.05) is 26.0 Å². The molecule has 2 aromatic carbocycles. The Hall–Kier alpha value is -3.95. The summed E-state index contributed by atoms with van der Waals surface area (Å²) in [6.07, 6.45) is 0.757. The summed E-state index contributed by atoms with van der Waals surface area (Å²) in [5.74, 6) is 1.82. The summed E-state index contributed by atoms with van der Waals surface area (Å²) in [5.41, 5.74) is 1.72. The van der Waals surface area contributed by atoms with Crippen molar-refractivity contribution in [3.63, 3.8) is 0 Å². The Labute approximate surface area is 228 Å². The molecule has 5 aliphatic rings. The van der Waals surface area contributed by atoms with Crippen molar-refractivity contribution in [1.29, 1.82) is 0 Å². The maximum atomic E-state index is 12.9. The Morgan fingerprint density at radius 2 is 1.82 bits per heavy atom. The number of rotatable bonds is 4. The lowest BCUT2D eigenvalue weighted by atomic mass is 10.1. The lowest BCUT2D eigenvalue weighted by molar-refractivity contribution is -0.131. The molecule has 0 spiro atoms. The average Bonchev–Trinajstić information content (AvgIpc) is 3.31. The van der Waals surface area contributed by atoms with Gasteiger partial charge in [-0.3, -0.25) is 14.4 Å². The van der Waals surface area contributed by atoms with Crippen LogP contribution < -0.4 is 29.6 Å². The normalized spacial score (nSPS) is 20.0. The molecule has 1 saturated heterocycles. The molecule has 39 heavy (non-hydrogen) atoms. The number of carbonyl (C=O) groups excluding carboxylic acids is 3. The summed E-state index contributed by atoms with van der Waals surface area (Å²) in [6, 6.07) is 10.4. The standard InChI is InChI=1S/C29H37N3O7/c1-18(2)11-29(35)32-15-22-26(16-32)39-21-8-7-20(24(13-21)36-3)14-30-27(33)10-6-19-5-9-23(25(12-19)37-4)38-17-28(34)31-22/h5,7-9,12-13,18,22,26H,6,10-11,14-17H2,1-4H3,(H,30,33)(H,31,34)/t22-,26-/m1/s1. The third-order valence-electron chi connectivity index (χ3n) is 6.80. The highest BCUT2D eigenvalue weighted by Gasteiger charge is 2.38. The van der Waals surface area contributed by atoms with Gasteiger partial charge in [0, 0.05) is 37.6 Å². The molecular weight excluding hydrogens is 502 g/mol. The van der Waals surface area contributed by atoms with Crippen LogP contribution >= 0.6 is 0 Å². The first-order valence-corrected chi connectivity index (χ1v) is 13.2. The Bertz CT molecular complexity index is 1200. The molecule has 10 heteroatoms. The van der Waals surface area contributed by atoms with E-state index in [0.717, 1.165) is 11.1 Å². The number of carbonyl (C=O) groups is 3. The van der Waals surface area contributed by atoms with Crippen LogP contribution in [-0.2, 0) is 27.3 Å². The highest BCUT2D eigenvalue weighted by Crippen LogP contribution is 2.30. The van der Waals surface area contributed by atoms with Crippen LogP contribution in [0.5, 0.6) is 23.0 Å². The molecule has 210 valence electrons. The number of likely N-dealkylation sites (tertiary alicyclic amines) is 1. The summed E-state index contributed by atoms with van der Waals surface area (Å²) in [5, 5.41) is 5.93. The van der Waals surface area contributed by atoms with Crippen molar-refractivity contribution in [2.45, 2.75) is 51.8 Å². The van der Waals surface area contributed by atoms with Crippen molar-refractivity contribution in [3.8, 4) is 23.0 Å². The van der Waals surface area contributed by atoms with Gasteiger partial charge in [0.05, 0.1) is 26.8 Å². The van der Waals surface area contributed by atoms with Crippen molar-refractivity contribution in [3.05, 3.63) is 47.5 Å². The van der Waals surface area contributed by atoms with Gasteiger partial charge in [-0.05, 0) is 42.2 Å². The molecule has 0 aromatic heterocycles. The fourth-order valence-corrected chi connectivity index (χ4v) is 4.75. The number of methoxy groups -OCH3 is 2. The van der Waals surface area contributed by atoms with Crippen LogP contribution in [0.25, 0.3) is 0 Å². The molecule has 10 nitrogen and oxygen atoms in total. The predicted octanol–water partition coefficient (Wildman–Crippen LogP) is 2.47. The Morgan fingerprint density at radius 1 is 1.03 bits per heavy atom. The molecule has 2 aromatic rings. The van der Waals surface area contributed by atoms with Crippen LogP contribution in [0.4, 0.5) is 0 Å². The van der Waals surface area contributed by atoms with Crippen molar-refractivity contribution >= 4 is 17.7 Å². The fourth-order valence-electron chi connectivity index (χ4n) is 4.75. The number of hydrogen-bond donors (Lipinski definition) is 2.